The van der Waals surface area contributed by atoms with Gasteiger partial charge in [-0.3, -0.25) is 0 Å². The van der Waals surface area contributed by atoms with Gasteiger partial charge in [-0.15, -0.1) is 0 Å². The van der Waals surface area contributed by atoms with Crippen molar-refractivity contribution in [1.82, 2.24) is 0 Å². The smallest absolute Gasteiger partial charge is 0.340 e. The number of carbonyl (C=O) groups is 1. The van der Waals surface area contributed by atoms with Crippen molar-refractivity contribution in [2.24, 2.45) is 5.92 Å². The second-order valence-electron chi connectivity index (χ2n) is 4.08. The van der Waals surface area contributed by atoms with Gasteiger partial charge in [-0.05, 0) is 34.0 Å². The van der Waals surface area contributed by atoms with E-state index in [0.717, 1.165) is 21.2 Å². The van der Waals surface area contributed by atoms with Crippen LogP contribution in [-0.2, 0) is 4.74 Å². The van der Waals surface area contributed by atoms with Crippen molar-refractivity contribution in [3.8, 4) is 0 Å². The molecule has 1 rings (SSSR count). The molecule has 1 aromatic rings. The Kier molecular flexibility index (Phi) is 5.46. The highest BCUT2D eigenvalue weighted by Crippen LogP contribution is 2.31. The molecule has 0 amide bonds. The minimum Gasteiger partial charge on any atom is -0.465 e. The van der Waals surface area contributed by atoms with Crippen LogP contribution in [0.25, 0.3) is 0 Å². The van der Waals surface area contributed by atoms with Gasteiger partial charge in [-0.1, -0.05) is 29.8 Å². The molecule has 0 aliphatic rings. The van der Waals surface area contributed by atoms with Crippen molar-refractivity contribution in [1.29, 1.82) is 0 Å². The molecule has 0 aliphatic carbocycles. The zero-order valence-electron chi connectivity index (χ0n) is 10.0. The van der Waals surface area contributed by atoms with Gasteiger partial charge in [0.15, 0.2) is 0 Å². The van der Waals surface area contributed by atoms with Gasteiger partial charge in [0.25, 0.3) is 0 Å². The van der Waals surface area contributed by atoms with Crippen molar-refractivity contribution in [2.45, 2.75) is 13.8 Å². The molecule has 1 aromatic carbocycles. The van der Waals surface area contributed by atoms with Gasteiger partial charge in [-0.2, -0.15) is 0 Å². The van der Waals surface area contributed by atoms with Crippen LogP contribution < -0.4 is 5.32 Å². The molecule has 94 valence electrons. The van der Waals surface area contributed by atoms with Crippen LogP contribution in [0.3, 0.4) is 0 Å². The summed E-state index contributed by atoms with van der Waals surface area (Å²) >= 11 is 6.80. The lowest BCUT2D eigenvalue weighted by Gasteiger charge is -2.15. The van der Waals surface area contributed by atoms with E-state index in [1.54, 1.807) is 6.07 Å². The Morgan fingerprint density at radius 2 is 2.06 bits per heavy atom. The van der Waals surface area contributed by atoms with E-state index in [4.69, 9.17) is 4.74 Å². The number of rotatable bonds is 4. The summed E-state index contributed by atoms with van der Waals surface area (Å²) < 4.78 is 6.45. The highest BCUT2D eigenvalue weighted by atomic mass is 79.9. The second kappa shape index (κ2) is 6.40. The first-order valence-electron chi connectivity index (χ1n) is 5.27. The fourth-order valence-corrected chi connectivity index (χ4v) is 2.70. The second-order valence-corrected chi connectivity index (χ2v) is 5.85. The summed E-state index contributed by atoms with van der Waals surface area (Å²) in [7, 11) is 1.38. The summed E-state index contributed by atoms with van der Waals surface area (Å²) in [6.07, 6.45) is 0. The van der Waals surface area contributed by atoms with Crippen LogP contribution in [0.15, 0.2) is 21.1 Å². The first kappa shape index (κ1) is 14.5. The number of esters is 1. The monoisotopic (exact) mass is 363 g/mol. The van der Waals surface area contributed by atoms with Crippen molar-refractivity contribution in [2.75, 3.05) is 19.0 Å². The van der Waals surface area contributed by atoms with Crippen LogP contribution in [0.4, 0.5) is 5.69 Å². The maximum atomic E-state index is 11.7. The summed E-state index contributed by atoms with van der Waals surface area (Å²) in [5, 5.41) is 3.25. The molecule has 0 atom stereocenters. The molecule has 5 heteroatoms. The average Bonchev–Trinajstić information content (AvgIpc) is 2.25. The largest absolute Gasteiger partial charge is 0.465 e. The maximum absolute atomic E-state index is 11.7. The number of hydrogen-bond acceptors (Lipinski definition) is 3. The SMILES string of the molecule is COC(=O)c1cc(Br)cc(Br)c1NCC(C)C. The number of anilines is 1. The summed E-state index contributed by atoms with van der Waals surface area (Å²) in [6.45, 7) is 5.01. The summed E-state index contributed by atoms with van der Waals surface area (Å²) in [6, 6.07) is 3.65. The molecule has 1 N–H and O–H groups in total. The summed E-state index contributed by atoms with van der Waals surface area (Å²) in [4.78, 5) is 11.7. The Bertz CT molecular complexity index is 419. The molecule has 0 saturated heterocycles. The van der Waals surface area contributed by atoms with Crippen molar-refractivity contribution in [3.63, 3.8) is 0 Å². The van der Waals surface area contributed by atoms with Gasteiger partial charge < -0.3 is 10.1 Å². The Hall–Kier alpha value is -0.550. The van der Waals surface area contributed by atoms with E-state index < -0.39 is 0 Å². The van der Waals surface area contributed by atoms with Crippen molar-refractivity contribution < 1.29 is 9.53 Å². The minimum absolute atomic E-state index is 0.349. The van der Waals surface area contributed by atoms with E-state index in [0.29, 0.717) is 11.5 Å². The molecule has 0 fully saturated rings. The van der Waals surface area contributed by atoms with Gasteiger partial charge in [0, 0.05) is 15.5 Å². The third-order valence-corrected chi connectivity index (χ3v) is 3.23. The Balaban J connectivity index is 3.11. The van der Waals surface area contributed by atoms with E-state index >= 15 is 0 Å². The maximum Gasteiger partial charge on any atom is 0.340 e. The van der Waals surface area contributed by atoms with E-state index in [9.17, 15) is 4.79 Å². The molecule has 0 unspecified atom stereocenters. The van der Waals surface area contributed by atoms with Crippen LogP contribution in [-0.4, -0.2) is 19.6 Å². The fraction of sp³-hybridized carbons (Fsp3) is 0.417. The summed E-state index contributed by atoms with van der Waals surface area (Å²) in [5.41, 5.74) is 1.29. The lowest BCUT2D eigenvalue weighted by molar-refractivity contribution is 0.0601. The van der Waals surface area contributed by atoms with Crippen LogP contribution in [0, 0.1) is 5.92 Å². The minimum atomic E-state index is -0.349. The Morgan fingerprint density at radius 3 is 2.59 bits per heavy atom. The number of ether oxygens (including phenoxy) is 1. The molecule has 0 bridgehead atoms. The van der Waals surface area contributed by atoms with Gasteiger partial charge in [0.05, 0.1) is 18.4 Å². The number of hydrogen-bond donors (Lipinski definition) is 1. The molecule has 0 radical (unpaired) electrons. The molecule has 0 saturated carbocycles. The van der Waals surface area contributed by atoms with Crippen LogP contribution in [0.2, 0.25) is 0 Å². The lowest BCUT2D eigenvalue weighted by atomic mass is 10.1. The molecule has 0 spiro atoms. The third kappa shape index (κ3) is 4.00. The molecule has 3 nitrogen and oxygen atoms in total. The highest BCUT2D eigenvalue weighted by Gasteiger charge is 2.16. The number of methoxy groups -OCH3 is 1. The topological polar surface area (TPSA) is 38.3 Å². The molecule has 0 aromatic heterocycles. The first-order valence-corrected chi connectivity index (χ1v) is 6.85. The standard InChI is InChI=1S/C12H15Br2NO2/c1-7(2)6-15-11-9(12(16)17-3)4-8(13)5-10(11)14/h4-5,7,15H,6H2,1-3H3. The molecule has 17 heavy (non-hydrogen) atoms. The van der Waals surface area contributed by atoms with Crippen LogP contribution >= 0.6 is 31.9 Å². The van der Waals surface area contributed by atoms with E-state index in [2.05, 4.69) is 51.0 Å². The van der Waals surface area contributed by atoms with Crippen molar-refractivity contribution in [3.05, 3.63) is 26.6 Å². The fourth-order valence-electron chi connectivity index (χ4n) is 1.33. The number of halogens is 2. The molecular formula is C12H15Br2NO2. The van der Waals surface area contributed by atoms with Gasteiger partial charge in [0.2, 0.25) is 0 Å². The number of benzene rings is 1. The van der Waals surface area contributed by atoms with Crippen LogP contribution in [0.5, 0.6) is 0 Å². The predicted octanol–water partition coefficient (Wildman–Crippen LogP) is 4.07. The third-order valence-electron chi connectivity index (χ3n) is 2.15. The Labute approximate surface area is 118 Å². The zero-order chi connectivity index (χ0) is 13.0. The van der Waals surface area contributed by atoms with Crippen molar-refractivity contribution >= 4 is 43.5 Å². The normalized spacial score (nSPS) is 10.5. The van der Waals surface area contributed by atoms with Gasteiger partial charge in [0.1, 0.15) is 0 Å². The Morgan fingerprint density at radius 1 is 1.41 bits per heavy atom. The molecule has 0 heterocycles. The quantitative estimate of drug-likeness (QED) is 0.818. The highest BCUT2D eigenvalue weighted by molar-refractivity contribution is 9.11. The van der Waals surface area contributed by atoms with E-state index in [1.807, 2.05) is 6.07 Å². The zero-order valence-corrected chi connectivity index (χ0v) is 13.2. The van der Waals surface area contributed by atoms with E-state index in [-0.39, 0.29) is 5.97 Å². The molecule has 0 aliphatic heterocycles. The van der Waals surface area contributed by atoms with E-state index in [1.165, 1.54) is 7.11 Å². The average molecular weight is 365 g/mol. The van der Waals surface area contributed by atoms with Crippen LogP contribution in [0.1, 0.15) is 24.2 Å². The number of nitrogens with one attached hydrogen (secondary N) is 1. The summed E-state index contributed by atoms with van der Waals surface area (Å²) in [5.74, 6) is 0.147. The molecular weight excluding hydrogens is 350 g/mol. The lowest BCUT2D eigenvalue weighted by Crippen LogP contribution is -2.13. The van der Waals surface area contributed by atoms with Gasteiger partial charge >= 0.3 is 5.97 Å². The predicted molar refractivity (Wildman–Crippen MR) is 76.5 cm³/mol. The van der Waals surface area contributed by atoms with Gasteiger partial charge in [-0.25, -0.2) is 4.79 Å². The number of carbonyl (C=O) groups excluding carboxylic acids is 1. The first-order chi connectivity index (χ1) is 7.95.